The van der Waals surface area contributed by atoms with E-state index in [1.807, 2.05) is 0 Å². The van der Waals surface area contributed by atoms with Crippen LogP contribution in [0.5, 0.6) is 0 Å². The zero-order chi connectivity index (χ0) is 26.3. The molecule has 0 heteroatoms. The lowest BCUT2D eigenvalue weighted by atomic mass is 9.66. The zero-order valence-electron chi connectivity index (χ0n) is 23.6. The van der Waals surface area contributed by atoms with E-state index >= 15 is 0 Å². The highest BCUT2D eigenvalue weighted by molar-refractivity contribution is 5.69. The molecule has 5 aliphatic rings. The SMILES string of the molecule is C=C(CC1=CC=C2C=CC3=Cc4cccc(C5CC5)c4CC3C2C1)c1ccc(C=C2CCCC(C)CC2)cc1. The van der Waals surface area contributed by atoms with Gasteiger partial charge in [-0.25, -0.2) is 0 Å². The van der Waals surface area contributed by atoms with Gasteiger partial charge >= 0.3 is 0 Å². The van der Waals surface area contributed by atoms with E-state index in [1.54, 1.807) is 16.7 Å². The van der Waals surface area contributed by atoms with E-state index in [0.717, 1.165) is 24.7 Å². The van der Waals surface area contributed by atoms with E-state index in [0.29, 0.717) is 11.8 Å². The molecule has 0 aliphatic heterocycles. The normalized spacial score (nSPS) is 26.9. The van der Waals surface area contributed by atoms with Crippen LogP contribution in [0.1, 0.15) is 98.4 Å². The summed E-state index contributed by atoms with van der Waals surface area (Å²) in [5.74, 6) is 2.88. The van der Waals surface area contributed by atoms with Gasteiger partial charge in [-0.3, -0.25) is 0 Å². The van der Waals surface area contributed by atoms with Gasteiger partial charge in [0.25, 0.3) is 0 Å². The first-order chi connectivity index (χ1) is 19.1. The van der Waals surface area contributed by atoms with Gasteiger partial charge in [-0.15, -0.1) is 0 Å². The predicted octanol–water partition coefficient (Wildman–Crippen LogP) is 10.6. The van der Waals surface area contributed by atoms with Crippen molar-refractivity contribution in [3.63, 3.8) is 0 Å². The molecule has 198 valence electrons. The van der Waals surface area contributed by atoms with Gasteiger partial charge in [0.05, 0.1) is 0 Å². The van der Waals surface area contributed by atoms with Gasteiger partial charge in [-0.2, -0.15) is 0 Å². The average Bonchev–Trinajstić information content (AvgIpc) is 3.81. The molecule has 0 heterocycles. The molecule has 3 unspecified atom stereocenters. The fourth-order valence-electron chi connectivity index (χ4n) is 7.57. The highest BCUT2D eigenvalue weighted by Gasteiger charge is 2.36. The quantitative estimate of drug-likeness (QED) is 0.351. The van der Waals surface area contributed by atoms with Crippen molar-refractivity contribution in [2.75, 3.05) is 0 Å². The summed E-state index contributed by atoms with van der Waals surface area (Å²) in [6.45, 7) is 6.94. The van der Waals surface area contributed by atoms with Crippen molar-refractivity contribution in [1.82, 2.24) is 0 Å². The Morgan fingerprint density at radius 3 is 2.54 bits per heavy atom. The summed E-state index contributed by atoms with van der Waals surface area (Å²) < 4.78 is 0. The Kier molecular flexibility index (Phi) is 6.67. The highest BCUT2D eigenvalue weighted by atomic mass is 14.4. The third kappa shape index (κ3) is 5.23. The summed E-state index contributed by atoms with van der Waals surface area (Å²) in [6.07, 6.45) is 27.2. The molecule has 0 nitrogen and oxygen atoms in total. The molecule has 2 aromatic carbocycles. The zero-order valence-corrected chi connectivity index (χ0v) is 23.6. The largest absolute Gasteiger partial charge is 0.0949 e. The maximum atomic E-state index is 4.54. The van der Waals surface area contributed by atoms with Gasteiger partial charge in [-0.05, 0) is 126 Å². The summed E-state index contributed by atoms with van der Waals surface area (Å²) in [5.41, 5.74) is 14.8. The molecule has 2 fully saturated rings. The molecule has 3 atom stereocenters. The van der Waals surface area contributed by atoms with Crippen LogP contribution in [0.25, 0.3) is 17.7 Å². The van der Waals surface area contributed by atoms with E-state index in [9.17, 15) is 0 Å². The number of hydrogen-bond acceptors (Lipinski definition) is 0. The third-order valence-electron chi connectivity index (χ3n) is 10.1. The van der Waals surface area contributed by atoms with Crippen LogP contribution < -0.4 is 0 Å². The van der Waals surface area contributed by atoms with E-state index in [-0.39, 0.29) is 0 Å². The van der Waals surface area contributed by atoms with Gasteiger partial charge < -0.3 is 0 Å². The summed E-state index contributed by atoms with van der Waals surface area (Å²) >= 11 is 0. The lowest BCUT2D eigenvalue weighted by molar-refractivity contribution is 0.423. The maximum absolute atomic E-state index is 4.54. The maximum Gasteiger partial charge on any atom is -0.00490 e. The molecular formula is C39H42. The third-order valence-corrected chi connectivity index (χ3v) is 10.1. The van der Waals surface area contributed by atoms with Gasteiger partial charge in [0, 0.05) is 0 Å². The Bertz CT molecular complexity index is 1430. The fourth-order valence-corrected chi connectivity index (χ4v) is 7.57. The molecular weight excluding hydrogens is 468 g/mol. The molecule has 39 heavy (non-hydrogen) atoms. The molecule has 7 rings (SSSR count). The Morgan fingerprint density at radius 1 is 0.872 bits per heavy atom. The van der Waals surface area contributed by atoms with Crippen LogP contribution in [0.3, 0.4) is 0 Å². The van der Waals surface area contributed by atoms with Crippen molar-refractivity contribution in [3.8, 4) is 0 Å². The van der Waals surface area contributed by atoms with Crippen LogP contribution in [-0.2, 0) is 6.42 Å². The summed E-state index contributed by atoms with van der Waals surface area (Å²) in [5, 5.41) is 0. The Labute approximate surface area is 235 Å². The summed E-state index contributed by atoms with van der Waals surface area (Å²) in [6, 6.07) is 16.2. The van der Waals surface area contributed by atoms with E-state index in [4.69, 9.17) is 0 Å². The molecule has 0 amide bonds. The van der Waals surface area contributed by atoms with Crippen LogP contribution in [0, 0.1) is 17.8 Å². The number of hydrogen-bond donors (Lipinski definition) is 0. The van der Waals surface area contributed by atoms with Gasteiger partial charge in [0.2, 0.25) is 0 Å². The van der Waals surface area contributed by atoms with Crippen LogP contribution in [0.4, 0.5) is 0 Å². The standard InChI is InChI=1S/C39H42/c1-26-5-3-6-28(10-9-26)22-29-11-14-31(15-12-29)27(2)21-30-13-16-33-19-20-35-24-34-7-4-8-36(32-17-18-32)38(34)25-39(35)37(33)23-30/h4,7-8,11-16,19-20,22,24,26,32,37,39H,2-3,5-6,9-10,17-18,21,23,25H2,1H3. The molecule has 0 bridgehead atoms. The molecule has 0 spiro atoms. The van der Waals surface area contributed by atoms with Crippen molar-refractivity contribution in [3.05, 3.63) is 123 Å². The van der Waals surface area contributed by atoms with Crippen LogP contribution in [-0.4, -0.2) is 0 Å². The molecule has 5 aliphatic carbocycles. The van der Waals surface area contributed by atoms with E-state index in [1.165, 1.54) is 90.3 Å². The molecule has 2 aromatic rings. The minimum absolute atomic E-state index is 0.589. The average molecular weight is 511 g/mol. The second-order valence-corrected chi connectivity index (χ2v) is 13.0. The highest BCUT2D eigenvalue weighted by Crippen LogP contribution is 2.49. The lowest BCUT2D eigenvalue weighted by Gasteiger charge is -2.38. The number of benzene rings is 2. The smallest absolute Gasteiger partial charge is 0.00490 e. The topological polar surface area (TPSA) is 0 Å². The number of fused-ring (bicyclic) bond motifs is 4. The van der Waals surface area contributed by atoms with Crippen molar-refractivity contribution < 1.29 is 0 Å². The van der Waals surface area contributed by atoms with Crippen molar-refractivity contribution in [2.45, 2.75) is 77.0 Å². The fraction of sp³-hybridized carbons (Fsp3) is 0.385. The van der Waals surface area contributed by atoms with Crippen LogP contribution >= 0.6 is 0 Å². The Balaban J connectivity index is 1.04. The molecule has 2 saturated carbocycles. The van der Waals surface area contributed by atoms with E-state index in [2.05, 4.69) is 92.4 Å². The van der Waals surface area contributed by atoms with Crippen LogP contribution in [0.15, 0.2) is 95.6 Å². The number of rotatable bonds is 5. The first-order valence-electron chi connectivity index (χ1n) is 15.5. The summed E-state index contributed by atoms with van der Waals surface area (Å²) in [4.78, 5) is 0. The number of allylic oxidation sites excluding steroid dienone is 9. The van der Waals surface area contributed by atoms with E-state index < -0.39 is 0 Å². The predicted molar refractivity (Wildman–Crippen MR) is 167 cm³/mol. The van der Waals surface area contributed by atoms with Gasteiger partial charge in [-0.1, -0.05) is 110 Å². The minimum atomic E-state index is 0.589. The monoisotopic (exact) mass is 510 g/mol. The molecule has 0 radical (unpaired) electrons. The molecule has 0 aromatic heterocycles. The first kappa shape index (κ1) is 24.9. The second kappa shape index (κ2) is 10.5. The Hall–Kier alpha value is -3.12. The molecule has 0 N–H and O–H groups in total. The van der Waals surface area contributed by atoms with Gasteiger partial charge in [0.15, 0.2) is 0 Å². The minimum Gasteiger partial charge on any atom is -0.0949 e. The van der Waals surface area contributed by atoms with Crippen LogP contribution in [0.2, 0.25) is 0 Å². The van der Waals surface area contributed by atoms with Crippen molar-refractivity contribution in [2.24, 2.45) is 17.8 Å². The van der Waals surface area contributed by atoms with Crippen molar-refractivity contribution in [1.29, 1.82) is 0 Å². The van der Waals surface area contributed by atoms with Gasteiger partial charge in [0.1, 0.15) is 0 Å². The lowest BCUT2D eigenvalue weighted by Crippen LogP contribution is -2.27. The Morgan fingerprint density at radius 2 is 1.69 bits per heavy atom. The summed E-state index contributed by atoms with van der Waals surface area (Å²) in [7, 11) is 0. The first-order valence-corrected chi connectivity index (χ1v) is 15.5. The second-order valence-electron chi connectivity index (χ2n) is 13.0. The molecule has 0 saturated heterocycles. The van der Waals surface area contributed by atoms with Crippen molar-refractivity contribution >= 4 is 17.7 Å².